The maximum Gasteiger partial charge on any atom is 0.310 e. The van der Waals surface area contributed by atoms with Crippen molar-refractivity contribution in [2.45, 2.75) is 39.0 Å². The Morgan fingerprint density at radius 3 is 1.85 bits per heavy atom. The number of aryl methyl sites for hydroxylation is 1. The van der Waals surface area contributed by atoms with Crippen LogP contribution in [0, 0.1) is 5.41 Å². The van der Waals surface area contributed by atoms with E-state index in [1.165, 1.54) is 5.56 Å². The van der Waals surface area contributed by atoms with Crippen LogP contribution in [0.2, 0.25) is 0 Å². The second-order valence-corrected chi connectivity index (χ2v) is 8.43. The van der Waals surface area contributed by atoms with Crippen molar-refractivity contribution in [2.24, 2.45) is 5.41 Å². The molecule has 0 saturated heterocycles. The molecule has 0 aliphatic carbocycles. The van der Waals surface area contributed by atoms with Crippen molar-refractivity contribution in [3.05, 3.63) is 102 Å². The maximum atomic E-state index is 11.3. The molecule has 0 aromatic heterocycles. The van der Waals surface area contributed by atoms with Gasteiger partial charge >= 0.3 is 11.9 Å². The number of rotatable bonds is 10. The first-order valence-electron chi connectivity index (χ1n) is 11.0. The van der Waals surface area contributed by atoms with Crippen molar-refractivity contribution in [1.82, 2.24) is 0 Å². The minimum absolute atomic E-state index is 0.420. The fourth-order valence-electron chi connectivity index (χ4n) is 3.12. The molecule has 0 heterocycles. The lowest BCUT2D eigenvalue weighted by Gasteiger charge is -2.18. The van der Waals surface area contributed by atoms with E-state index >= 15 is 0 Å². The minimum Gasteiger partial charge on any atom is -0.494 e. The number of carboxylic acid groups (broad SMARTS) is 2. The van der Waals surface area contributed by atoms with Gasteiger partial charge in [-0.2, -0.15) is 0 Å². The van der Waals surface area contributed by atoms with Crippen LogP contribution in [0.1, 0.15) is 43.7 Å². The monoisotopic (exact) mass is 448 g/mol. The van der Waals surface area contributed by atoms with Crippen molar-refractivity contribution in [1.29, 1.82) is 0 Å². The van der Waals surface area contributed by atoms with Crippen LogP contribution >= 0.6 is 0 Å². The molecular formula is C28H32O5. The van der Waals surface area contributed by atoms with Crippen molar-refractivity contribution in [3.8, 4) is 5.75 Å². The zero-order chi connectivity index (χ0) is 24.1. The van der Waals surface area contributed by atoms with E-state index < -0.39 is 23.3 Å². The van der Waals surface area contributed by atoms with Crippen LogP contribution < -0.4 is 4.74 Å². The standard InChI is InChI=1S/C16H16O2.C12H16O3/c17-16(18)15(14-9-5-2-6-10-14)12-11-13-7-3-1-4-8-13;1-12(2,11(13)14)8-9-15-10-6-4-3-5-7-10/h1-10,15H,11-12H2,(H,17,18);3-7H,8-9H2,1-2H3,(H,13,14). The van der Waals surface area contributed by atoms with Gasteiger partial charge in [0.2, 0.25) is 0 Å². The van der Waals surface area contributed by atoms with Gasteiger partial charge in [0, 0.05) is 0 Å². The summed E-state index contributed by atoms with van der Waals surface area (Å²) < 4.78 is 5.43. The van der Waals surface area contributed by atoms with Gasteiger partial charge in [-0.05, 0) is 56.4 Å². The second kappa shape index (κ2) is 13.1. The maximum absolute atomic E-state index is 11.3. The van der Waals surface area contributed by atoms with Gasteiger partial charge in [-0.15, -0.1) is 0 Å². The van der Waals surface area contributed by atoms with E-state index in [9.17, 15) is 14.7 Å². The van der Waals surface area contributed by atoms with Gasteiger partial charge in [0.05, 0.1) is 17.9 Å². The molecule has 5 nitrogen and oxygen atoms in total. The van der Waals surface area contributed by atoms with E-state index in [4.69, 9.17) is 9.84 Å². The Morgan fingerprint density at radius 1 is 0.818 bits per heavy atom. The number of ether oxygens (including phenoxy) is 1. The third-order valence-corrected chi connectivity index (χ3v) is 5.38. The van der Waals surface area contributed by atoms with Crippen LogP contribution in [-0.2, 0) is 16.0 Å². The predicted octanol–water partition coefficient (Wildman–Crippen LogP) is 6.05. The van der Waals surface area contributed by atoms with Crippen molar-refractivity contribution < 1.29 is 24.5 Å². The molecule has 5 heteroatoms. The molecule has 0 aliphatic heterocycles. The molecule has 0 saturated carbocycles. The van der Waals surface area contributed by atoms with E-state index in [-0.39, 0.29) is 0 Å². The van der Waals surface area contributed by atoms with Crippen molar-refractivity contribution >= 4 is 11.9 Å². The average molecular weight is 449 g/mol. The highest BCUT2D eigenvalue weighted by molar-refractivity contribution is 5.76. The Bertz CT molecular complexity index is 969. The summed E-state index contributed by atoms with van der Waals surface area (Å²) in [6, 6.07) is 28.8. The number of para-hydroxylation sites is 1. The zero-order valence-corrected chi connectivity index (χ0v) is 19.2. The second-order valence-electron chi connectivity index (χ2n) is 8.43. The minimum atomic E-state index is -0.792. The number of benzene rings is 3. The number of hydrogen-bond acceptors (Lipinski definition) is 3. The molecule has 3 rings (SSSR count). The number of aliphatic carboxylic acids is 2. The molecule has 0 amide bonds. The van der Waals surface area contributed by atoms with Gasteiger partial charge < -0.3 is 14.9 Å². The summed E-state index contributed by atoms with van der Waals surface area (Å²) in [5.41, 5.74) is 1.33. The highest BCUT2D eigenvalue weighted by Crippen LogP contribution is 2.22. The third kappa shape index (κ3) is 9.19. The third-order valence-electron chi connectivity index (χ3n) is 5.38. The van der Waals surface area contributed by atoms with Gasteiger partial charge in [0.1, 0.15) is 5.75 Å². The number of hydrogen-bond donors (Lipinski definition) is 2. The first kappa shape index (κ1) is 25.7. The fraction of sp³-hybridized carbons (Fsp3) is 0.286. The molecule has 0 aliphatic rings. The van der Waals surface area contributed by atoms with Crippen LogP contribution in [-0.4, -0.2) is 28.8 Å². The molecule has 0 spiro atoms. The normalized spacial score (nSPS) is 11.6. The fourth-order valence-corrected chi connectivity index (χ4v) is 3.12. The number of carbonyl (C=O) groups is 2. The highest BCUT2D eigenvalue weighted by atomic mass is 16.5. The first-order valence-corrected chi connectivity index (χ1v) is 11.0. The van der Waals surface area contributed by atoms with Gasteiger partial charge in [0.15, 0.2) is 0 Å². The lowest BCUT2D eigenvalue weighted by molar-refractivity contribution is -0.147. The van der Waals surface area contributed by atoms with Crippen LogP contribution in [0.3, 0.4) is 0 Å². The Labute approximate surface area is 195 Å². The number of carboxylic acids is 2. The molecule has 0 bridgehead atoms. The molecule has 0 radical (unpaired) electrons. The van der Waals surface area contributed by atoms with Gasteiger partial charge in [-0.1, -0.05) is 78.9 Å². The van der Waals surface area contributed by atoms with Crippen molar-refractivity contribution in [2.75, 3.05) is 6.61 Å². The lowest BCUT2D eigenvalue weighted by Crippen LogP contribution is -2.25. The molecule has 3 aromatic carbocycles. The Balaban J connectivity index is 0.000000238. The van der Waals surface area contributed by atoms with Crippen LogP contribution in [0.15, 0.2) is 91.0 Å². The summed E-state index contributed by atoms with van der Waals surface area (Å²) in [5, 5.41) is 18.2. The first-order chi connectivity index (χ1) is 15.8. The van der Waals surface area contributed by atoms with E-state index in [1.807, 2.05) is 91.0 Å². The molecular weight excluding hydrogens is 416 g/mol. The molecule has 174 valence electrons. The molecule has 33 heavy (non-hydrogen) atoms. The summed E-state index contributed by atoms with van der Waals surface area (Å²) in [4.78, 5) is 22.1. The van der Waals surface area contributed by atoms with E-state index in [1.54, 1.807) is 13.8 Å². The van der Waals surface area contributed by atoms with E-state index in [0.29, 0.717) is 19.4 Å². The largest absolute Gasteiger partial charge is 0.494 e. The van der Waals surface area contributed by atoms with Crippen LogP contribution in [0.25, 0.3) is 0 Å². The molecule has 0 fully saturated rings. The highest BCUT2D eigenvalue weighted by Gasteiger charge is 2.26. The Kier molecular flexibility index (Phi) is 10.2. The Hall–Kier alpha value is -3.60. The predicted molar refractivity (Wildman–Crippen MR) is 130 cm³/mol. The van der Waals surface area contributed by atoms with Gasteiger partial charge in [0.25, 0.3) is 0 Å². The van der Waals surface area contributed by atoms with Crippen LogP contribution in [0.4, 0.5) is 0 Å². The summed E-state index contributed by atoms with van der Waals surface area (Å²) in [7, 11) is 0. The van der Waals surface area contributed by atoms with Crippen LogP contribution in [0.5, 0.6) is 5.75 Å². The SMILES string of the molecule is CC(C)(CCOc1ccccc1)C(=O)O.O=C(O)C(CCc1ccccc1)c1ccccc1. The average Bonchev–Trinajstić information content (AvgIpc) is 2.81. The molecule has 1 unspecified atom stereocenters. The van der Waals surface area contributed by atoms with Gasteiger partial charge in [-0.25, -0.2) is 0 Å². The quantitative estimate of drug-likeness (QED) is 0.394. The molecule has 1 atom stereocenters. The lowest BCUT2D eigenvalue weighted by atomic mass is 9.90. The van der Waals surface area contributed by atoms with E-state index in [0.717, 1.165) is 17.7 Å². The van der Waals surface area contributed by atoms with Gasteiger partial charge in [-0.3, -0.25) is 9.59 Å². The Morgan fingerprint density at radius 2 is 1.33 bits per heavy atom. The zero-order valence-electron chi connectivity index (χ0n) is 19.2. The summed E-state index contributed by atoms with van der Waals surface area (Å²) >= 11 is 0. The van der Waals surface area contributed by atoms with E-state index in [2.05, 4.69) is 0 Å². The molecule has 2 N–H and O–H groups in total. The summed E-state index contributed by atoms with van der Waals surface area (Å²) in [6.07, 6.45) is 1.91. The topological polar surface area (TPSA) is 83.8 Å². The summed E-state index contributed by atoms with van der Waals surface area (Å²) in [5.74, 6) is -1.19. The van der Waals surface area contributed by atoms with Crippen molar-refractivity contribution in [3.63, 3.8) is 0 Å². The summed E-state index contributed by atoms with van der Waals surface area (Å²) in [6.45, 7) is 3.82. The smallest absolute Gasteiger partial charge is 0.310 e. The molecule has 3 aromatic rings.